The Morgan fingerprint density at radius 2 is 2.29 bits per heavy atom. The molecule has 0 amide bonds. The molecule has 1 aliphatic rings. The Morgan fingerprint density at radius 3 is 2.81 bits per heavy atom. The van der Waals surface area contributed by atoms with Crippen molar-refractivity contribution >= 4 is 11.7 Å². The molecule has 0 saturated heterocycles. The van der Waals surface area contributed by atoms with Crippen LogP contribution in [-0.2, 0) is 11.3 Å². The maximum absolute atomic E-state index is 11.0. The Morgan fingerprint density at radius 1 is 1.57 bits per heavy atom. The van der Waals surface area contributed by atoms with Crippen molar-refractivity contribution in [2.45, 2.75) is 44.9 Å². The lowest BCUT2D eigenvalue weighted by Gasteiger charge is -2.16. The second-order valence-corrected chi connectivity index (χ2v) is 5.06. The molecule has 1 aromatic carbocycles. The topological polar surface area (TPSA) is 102 Å². The minimum absolute atomic E-state index is 0.0293. The van der Waals surface area contributed by atoms with Gasteiger partial charge in [0.25, 0.3) is 5.69 Å². The number of ether oxygens (including phenoxy) is 1. The largest absolute Gasteiger partial charge is 0.479 e. The predicted octanol–water partition coefficient (Wildman–Crippen LogP) is 2.09. The molecule has 1 aliphatic carbocycles. The van der Waals surface area contributed by atoms with E-state index in [1.54, 1.807) is 6.92 Å². The second-order valence-electron chi connectivity index (χ2n) is 5.06. The van der Waals surface area contributed by atoms with E-state index >= 15 is 0 Å². The molecule has 7 heteroatoms. The number of carbonyl (C=O) groups is 1. The summed E-state index contributed by atoms with van der Waals surface area (Å²) in [6, 6.07) is 4.66. The Kier molecular flexibility index (Phi) is 4.74. The van der Waals surface area contributed by atoms with Crippen LogP contribution < -0.4 is 10.1 Å². The number of non-ortho nitro benzene ring substituents is 1. The second kappa shape index (κ2) is 6.53. The average molecular weight is 294 g/mol. The summed E-state index contributed by atoms with van der Waals surface area (Å²) < 4.78 is 5.48. The van der Waals surface area contributed by atoms with Crippen LogP contribution in [0.2, 0.25) is 0 Å². The van der Waals surface area contributed by atoms with Gasteiger partial charge in [0.05, 0.1) is 4.92 Å². The van der Waals surface area contributed by atoms with Gasteiger partial charge in [-0.2, -0.15) is 0 Å². The lowest BCUT2D eigenvalue weighted by molar-refractivity contribution is -0.384. The summed E-state index contributed by atoms with van der Waals surface area (Å²) in [4.78, 5) is 21.4. The fourth-order valence-electron chi connectivity index (χ4n) is 1.94. The zero-order valence-electron chi connectivity index (χ0n) is 11.7. The van der Waals surface area contributed by atoms with Gasteiger partial charge in [0, 0.05) is 30.3 Å². The van der Waals surface area contributed by atoms with Gasteiger partial charge in [-0.1, -0.05) is 6.92 Å². The minimum atomic E-state index is -1.04. The predicted molar refractivity (Wildman–Crippen MR) is 75.3 cm³/mol. The molecule has 7 nitrogen and oxygen atoms in total. The van der Waals surface area contributed by atoms with E-state index < -0.39 is 17.0 Å². The first-order valence-corrected chi connectivity index (χ1v) is 6.91. The summed E-state index contributed by atoms with van der Waals surface area (Å²) in [6.45, 7) is 2.14. The van der Waals surface area contributed by atoms with Gasteiger partial charge in [-0.3, -0.25) is 10.1 Å². The van der Waals surface area contributed by atoms with Gasteiger partial charge < -0.3 is 15.2 Å². The molecule has 0 bridgehead atoms. The highest BCUT2D eigenvalue weighted by molar-refractivity contribution is 5.72. The first kappa shape index (κ1) is 15.2. The number of nitrogens with zero attached hydrogens (tertiary/aromatic N) is 1. The molecule has 1 aromatic rings. The van der Waals surface area contributed by atoms with Crippen molar-refractivity contribution < 1.29 is 19.6 Å². The van der Waals surface area contributed by atoms with E-state index in [-0.39, 0.29) is 5.69 Å². The van der Waals surface area contributed by atoms with Crippen LogP contribution in [0.15, 0.2) is 18.2 Å². The highest BCUT2D eigenvalue weighted by atomic mass is 16.6. The summed E-state index contributed by atoms with van der Waals surface area (Å²) in [6.07, 6.45) is 1.56. The maximum atomic E-state index is 11.0. The molecular weight excluding hydrogens is 276 g/mol. The lowest BCUT2D eigenvalue weighted by atomic mass is 10.1. The number of hydrogen-bond donors (Lipinski definition) is 2. The summed E-state index contributed by atoms with van der Waals surface area (Å²) in [7, 11) is 0. The molecule has 1 atom stereocenters. The number of benzene rings is 1. The van der Waals surface area contributed by atoms with Gasteiger partial charge >= 0.3 is 5.97 Å². The van der Waals surface area contributed by atoms with Crippen molar-refractivity contribution in [3.8, 4) is 5.75 Å². The molecule has 1 saturated carbocycles. The summed E-state index contributed by atoms with van der Waals surface area (Å²) >= 11 is 0. The van der Waals surface area contributed by atoms with E-state index in [2.05, 4.69) is 5.32 Å². The average Bonchev–Trinajstić information content (AvgIpc) is 3.26. The molecule has 2 N–H and O–H groups in total. The molecule has 0 heterocycles. The lowest BCUT2D eigenvalue weighted by Crippen LogP contribution is -2.27. The smallest absolute Gasteiger partial charge is 0.344 e. The first-order valence-electron chi connectivity index (χ1n) is 6.91. The number of hydrogen-bond acceptors (Lipinski definition) is 5. The number of carboxylic acid groups (broad SMARTS) is 1. The number of nitrogens with one attached hydrogen (secondary N) is 1. The van der Waals surface area contributed by atoms with Crippen LogP contribution in [0.25, 0.3) is 0 Å². The molecule has 21 heavy (non-hydrogen) atoms. The molecule has 0 spiro atoms. The zero-order chi connectivity index (χ0) is 15.4. The van der Waals surface area contributed by atoms with Gasteiger partial charge in [0.15, 0.2) is 6.10 Å². The van der Waals surface area contributed by atoms with Gasteiger partial charge in [-0.05, 0) is 25.3 Å². The molecule has 1 unspecified atom stereocenters. The Labute approximate surface area is 122 Å². The molecule has 0 aliphatic heterocycles. The van der Waals surface area contributed by atoms with E-state index in [1.807, 2.05) is 0 Å². The fraction of sp³-hybridized carbons (Fsp3) is 0.500. The van der Waals surface area contributed by atoms with Gasteiger partial charge in [0.2, 0.25) is 0 Å². The Hall–Kier alpha value is -2.15. The number of nitro benzene ring substituents is 1. The molecule has 114 valence electrons. The Bertz CT molecular complexity index is 542. The molecular formula is C14H18N2O5. The van der Waals surface area contributed by atoms with E-state index in [0.717, 1.165) is 12.8 Å². The van der Waals surface area contributed by atoms with E-state index in [4.69, 9.17) is 9.84 Å². The molecule has 2 rings (SSSR count). The van der Waals surface area contributed by atoms with E-state index in [9.17, 15) is 14.9 Å². The van der Waals surface area contributed by atoms with Crippen molar-refractivity contribution in [1.82, 2.24) is 5.32 Å². The van der Waals surface area contributed by atoms with Crippen LogP contribution in [0.1, 0.15) is 31.7 Å². The van der Waals surface area contributed by atoms with Crippen molar-refractivity contribution in [1.29, 1.82) is 0 Å². The fourth-order valence-corrected chi connectivity index (χ4v) is 1.94. The highest BCUT2D eigenvalue weighted by Crippen LogP contribution is 2.27. The normalized spacial score (nSPS) is 15.5. The van der Waals surface area contributed by atoms with Crippen LogP contribution in [-0.4, -0.2) is 28.1 Å². The van der Waals surface area contributed by atoms with Crippen LogP contribution in [0, 0.1) is 10.1 Å². The van der Waals surface area contributed by atoms with E-state index in [0.29, 0.717) is 30.3 Å². The molecule has 0 aromatic heterocycles. The standard InChI is InChI=1S/C14H18N2O5/c1-2-12(14(17)18)21-13-6-5-11(16(19)20)7-9(13)8-15-10-3-4-10/h5-7,10,12,15H,2-4,8H2,1H3,(H,17,18). The highest BCUT2D eigenvalue weighted by Gasteiger charge is 2.23. The summed E-state index contributed by atoms with van der Waals surface area (Å²) in [5.74, 6) is -0.667. The summed E-state index contributed by atoms with van der Waals surface area (Å²) in [5, 5.41) is 23.1. The molecule has 1 fully saturated rings. The SMILES string of the molecule is CCC(Oc1ccc([N+](=O)[O-])cc1CNC1CC1)C(=O)O. The van der Waals surface area contributed by atoms with Crippen LogP contribution in [0.3, 0.4) is 0 Å². The third-order valence-electron chi connectivity index (χ3n) is 3.33. The van der Waals surface area contributed by atoms with Crippen molar-refractivity contribution in [2.75, 3.05) is 0 Å². The molecule has 0 radical (unpaired) electrons. The number of aliphatic carboxylic acids is 1. The summed E-state index contributed by atoms with van der Waals surface area (Å²) in [5.41, 5.74) is 0.578. The van der Waals surface area contributed by atoms with Crippen molar-refractivity contribution in [3.05, 3.63) is 33.9 Å². The third-order valence-corrected chi connectivity index (χ3v) is 3.33. The van der Waals surface area contributed by atoms with Crippen molar-refractivity contribution in [2.24, 2.45) is 0 Å². The van der Waals surface area contributed by atoms with Crippen LogP contribution in [0.4, 0.5) is 5.69 Å². The quantitative estimate of drug-likeness (QED) is 0.562. The van der Waals surface area contributed by atoms with Gasteiger partial charge in [-0.15, -0.1) is 0 Å². The van der Waals surface area contributed by atoms with Crippen LogP contribution in [0.5, 0.6) is 5.75 Å². The monoisotopic (exact) mass is 294 g/mol. The van der Waals surface area contributed by atoms with E-state index in [1.165, 1.54) is 18.2 Å². The number of nitro groups is 1. The number of rotatable bonds is 8. The maximum Gasteiger partial charge on any atom is 0.344 e. The first-order chi connectivity index (χ1) is 10.0. The van der Waals surface area contributed by atoms with Crippen molar-refractivity contribution in [3.63, 3.8) is 0 Å². The number of carboxylic acids is 1. The zero-order valence-corrected chi connectivity index (χ0v) is 11.7. The van der Waals surface area contributed by atoms with Gasteiger partial charge in [-0.25, -0.2) is 4.79 Å². The third kappa shape index (κ3) is 4.16. The minimum Gasteiger partial charge on any atom is -0.479 e. The van der Waals surface area contributed by atoms with Crippen LogP contribution >= 0.6 is 0 Å². The van der Waals surface area contributed by atoms with Gasteiger partial charge in [0.1, 0.15) is 5.75 Å². The Balaban J connectivity index is 2.19.